The van der Waals surface area contributed by atoms with Gasteiger partial charge in [0, 0.05) is 23.9 Å². The predicted octanol–water partition coefficient (Wildman–Crippen LogP) is 2.09. The smallest absolute Gasteiger partial charge is 0.308 e. The molecule has 130 valence electrons. The zero-order valence-corrected chi connectivity index (χ0v) is 14.2. The van der Waals surface area contributed by atoms with Crippen molar-refractivity contribution in [2.24, 2.45) is 5.73 Å². The number of hydrogen-bond acceptors (Lipinski definition) is 4. The third kappa shape index (κ3) is 5.32. The Kier molecular flexibility index (Phi) is 6.14. The van der Waals surface area contributed by atoms with Crippen LogP contribution in [0.5, 0.6) is 5.75 Å². The van der Waals surface area contributed by atoms with Gasteiger partial charge in [-0.15, -0.1) is 0 Å². The van der Waals surface area contributed by atoms with Gasteiger partial charge in [0.2, 0.25) is 5.91 Å². The van der Waals surface area contributed by atoms with E-state index in [1.807, 2.05) is 0 Å². The molecule has 1 atom stereocenters. The molecule has 25 heavy (non-hydrogen) atoms. The maximum atomic E-state index is 12.3. The largest absolute Gasteiger partial charge is 0.427 e. The molecular weight excluding hydrogens is 344 g/mol. The van der Waals surface area contributed by atoms with Crippen LogP contribution in [0.3, 0.4) is 0 Å². The number of rotatable bonds is 6. The fraction of sp³-hybridized carbons (Fsp3) is 0.167. The van der Waals surface area contributed by atoms with Crippen molar-refractivity contribution in [3.05, 3.63) is 64.7 Å². The molecule has 2 rings (SSSR count). The van der Waals surface area contributed by atoms with Gasteiger partial charge in [0.25, 0.3) is 5.91 Å². The topological polar surface area (TPSA) is 98.5 Å². The number of carbonyl (C=O) groups excluding carboxylic acids is 3. The first-order valence-corrected chi connectivity index (χ1v) is 7.86. The number of halogens is 1. The summed E-state index contributed by atoms with van der Waals surface area (Å²) in [7, 11) is 0. The Balaban J connectivity index is 2.08. The van der Waals surface area contributed by atoms with Gasteiger partial charge in [0.15, 0.2) is 0 Å². The molecule has 2 amide bonds. The summed E-state index contributed by atoms with van der Waals surface area (Å²) in [5, 5.41) is 3.08. The molecule has 2 aromatic rings. The lowest BCUT2D eigenvalue weighted by molar-refractivity contribution is -0.131. The van der Waals surface area contributed by atoms with Gasteiger partial charge in [-0.1, -0.05) is 29.8 Å². The van der Waals surface area contributed by atoms with Crippen molar-refractivity contribution in [3.63, 3.8) is 0 Å². The normalized spacial score (nSPS) is 11.4. The Labute approximate surface area is 149 Å². The second-order valence-electron chi connectivity index (χ2n) is 5.34. The predicted molar refractivity (Wildman–Crippen MR) is 93.4 cm³/mol. The van der Waals surface area contributed by atoms with Crippen molar-refractivity contribution < 1.29 is 19.1 Å². The van der Waals surface area contributed by atoms with Crippen LogP contribution in [0.25, 0.3) is 0 Å². The van der Waals surface area contributed by atoms with Gasteiger partial charge in [0.1, 0.15) is 11.8 Å². The van der Waals surface area contributed by atoms with Crippen molar-refractivity contribution in [3.8, 4) is 5.75 Å². The van der Waals surface area contributed by atoms with Gasteiger partial charge in [-0.3, -0.25) is 14.4 Å². The van der Waals surface area contributed by atoms with E-state index >= 15 is 0 Å². The molecule has 0 fully saturated rings. The molecule has 0 unspecified atom stereocenters. The monoisotopic (exact) mass is 360 g/mol. The highest BCUT2D eigenvalue weighted by molar-refractivity contribution is 6.31. The van der Waals surface area contributed by atoms with Crippen LogP contribution in [-0.2, 0) is 16.0 Å². The zero-order valence-electron chi connectivity index (χ0n) is 13.5. The summed E-state index contributed by atoms with van der Waals surface area (Å²) in [6.45, 7) is 1.28. The zero-order chi connectivity index (χ0) is 18.4. The Morgan fingerprint density at radius 3 is 2.32 bits per heavy atom. The number of amides is 2. The molecule has 7 heteroatoms. The first kappa shape index (κ1) is 18.5. The molecule has 0 aliphatic rings. The minimum atomic E-state index is -0.902. The number of hydrogen-bond donors (Lipinski definition) is 2. The molecule has 0 saturated heterocycles. The summed E-state index contributed by atoms with van der Waals surface area (Å²) in [4.78, 5) is 34.9. The standard InChI is InChI=1S/C18H17ClN2O4/c1-11(22)25-14-8-6-12(7-9-14)18(24)21-16(17(20)23)10-13-4-2-3-5-15(13)19/h2-9,16H,10H2,1H3,(H2,20,23)(H,21,24)/t16-/m1/s1. The van der Waals surface area contributed by atoms with Gasteiger partial charge in [-0.2, -0.15) is 0 Å². The van der Waals surface area contributed by atoms with E-state index < -0.39 is 23.8 Å². The molecule has 0 heterocycles. The molecule has 0 saturated carbocycles. The van der Waals surface area contributed by atoms with Crippen LogP contribution < -0.4 is 15.8 Å². The SMILES string of the molecule is CC(=O)Oc1ccc(C(=O)N[C@H](Cc2ccccc2Cl)C(N)=O)cc1. The number of primary amides is 1. The highest BCUT2D eigenvalue weighted by atomic mass is 35.5. The molecule has 0 aromatic heterocycles. The van der Waals surface area contributed by atoms with E-state index in [-0.39, 0.29) is 6.42 Å². The number of benzene rings is 2. The van der Waals surface area contributed by atoms with Crippen LogP contribution in [-0.4, -0.2) is 23.8 Å². The molecule has 2 aromatic carbocycles. The van der Waals surface area contributed by atoms with Gasteiger partial charge in [0.05, 0.1) is 0 Å². The average molecular weight is 361 g/mol. The van der Waals surface area contributed by atoms with Crippen molar-refractivity contribution in [1.82, 2.24) is 5.32 Å². The minimum Gasteiger partial charge on any atom is -0.427 e. The van der Waals surface area contributed by atoms with Gasteiger partial charge >= 0.3 is 5.97 Å². The summed E-state index contributed by atoms with van der Waals surface area (Å²) >= 11 is 6.08. The summed E-state index contributed by atoms with van der Waals surface area (Å²) in [6, 6.07) is 12.1. The van der Waals surface area contributed by atoms with Crippen LogP contribution >= 0.6 is 11.6 Å². The van der Waals surface area contributed by atoms with E-state index in [0.29, 0.717) is 21.9 Å². The lowest BCUT2D eigenvalue weighted by Gasteiger charge is -2.16. The van der Waals surface area contributed by atoms with Gasteiger partial charge in [-0.25, -0.2) is 0 Å². The third-order valence-corrected chi connectivity index (χ3v) is 3.78. The van der Waals surface area contributed by atoms with E-state index in [4.69, 9.17) is 22.1 Å². The maximum absolute atomic E-state index is 12.3. The van der Waals surface area contributed by atoms with Crippen LogP contribution in [0.2, 0.25) is 5.02 Å². The van der Waals surface area contributed by atoms with Gasteiger partial charge < -0.3 is 15.8 Å². The van der Waals surface area contributed by atoms with Crippen molar-refractivity contribution in [2.45, 2.75) is 19.4 Å². The molecule has 6 nitrogen and oxygen atoms in total. The number of nitrogens with two attached hydrogens (primary N) is 1. The van der Waals surface area contributed by atoms with Crippen LogP contribution in [0.4, 0.5) is 0 Å². The van der Waals surface area contributed by atoms with Crippen molar-refractivity contribution >= 4 is 29.4 Å². The van der Waals surface area contributed by atoms with E-state index in [1.165, 1.54) is 31.2 Å². The van der Waals surface area contributed by atoms with Crippen molar-refractivity contribution in [1.29, 1.82) is 0 Å². The maximum Gasteiger partial charge on any atom is 0.308 e. The first-order chi connectivity index (χ1) is 11.9. The van der Waals surface area contributed by atoms with E-state index in [2.05, 4.69) is 5.32 Å². The minimum absolute atomic E-state index is 0.187. The highest BCUT2D eigenvalue weighted by Gasteiger charge is 2.20. The van der Waals surface area contributed by atoms with Gasteiger partial charge in [-0.05, 0) is 35.9 Å². The highest BCUT2D eigenvalue weighted by Crippen LogP contribution is 2.17. The van der Waals surface area contributed by atoms with E-state index in [1.54, 1.807) is 24.3 Å². The third-order valence-electron chi connectivity index (χ3n) is 3.41. The second kappa shape index (κ2) is 8.30. The molecule has 0 aliphatic heterocycles. The lowest BCUT2D eigenvalue weighted by atomic mass is 10.0. The van der Waals surface area contributed by atoms with E-state index in [0.717, 1.165) is 0 Å². The summed E-state index contributed by atoms with van der Waals surface area (Å²) in [5.41, 5.74) is 6.40. The fourth-order valence-electron chi connectivity index (χ4n) is 2.19. The first-order valence-electron chi connectivity index (χ1n) is 7.49. The van der Waals surface area contributed by atoms with E-state index in [9.17, 15) is 14.4 Å². The summed E-state index contributed by atoms with van der Waals surface area (Å²) in [5.74, 6) is -1.26. The summed E-state index contributed by atoms with van der Waals surface area (Å²) < 4.78 is 4.90. The number of carbonyl (C=O) groups is 3. The molecular formula is C18H17ClN2O4. The molecule has 0 radical (unpaired) electrons. The Bertz CT molecular complexity index is 790. The molecule has 0 bridgehead atoms. The fourth-order valence-corrected chi connectivity index (χ4v) is 2.40. The summed E-state index contributed by atoms with van der Waals surface area (Å²) in [6.07, 6.45) is 0.187. The van der Waals surface area contributed by atoms with Crippen LogP contribution in [0, 0.1) is 0 Å². The van der Waals surface area contributed by atoms with Crippen molar-refractivity contribution in [2.75, 3.05) is 0 Å². The Morgan fingerprint density at radius 2 is 1.76 bits per heavy atom. The number of ether oxygens (including phenoxy) is 1. The second-order valence-corrected chi connectivity index (χ2v) is 5.75. The average Bonchev–Trinajstić information content (AvgIpc) is 2.56. The quantitative estimate of drug-likeness (QED) is 0.608. The molecule has 3 N–H and O–H groups in total. The Morgan fingerprint density at radius 1 is 1.12 bits per heavy atom. The molecule has 0 spiro atoms. The lowest BCUT2D eigenvalue weighted by Crippen LogP contribution is -2.45. The van der Waals surface area contributed by atoms with Crippen LogP contribution in [0.1, 0.15) is 22.8 Å². The van der Waals surface area contributed by atoms with Crippen LogP contribution in [0.15, 0.2) is 48.5 Å². The number of esters is 1. The molecule has 0 aliphatic carbocycles. The number of nitrogens with one attached hydrogen (secondary N) is 1. The Hall–Kier alpha value is -2.86.